The van der Waals surface area contributed by atoms with Crippen LogP contribution in [0.3, 0.4) is 0 Å². The second-order valence-electron chi connectivity index (χ2n) is 7.85. The number of allylic oxidation sites excluding steroid dienone is 1. The molecular weight excluding hydrogens is 388 g/mol. The Morgan fingerprint density at radius 1 is 1.17 bits per heavy atom. The number of rotatable bonds is 8. The average molecular weight is 416 g/mol. The van der Waals surface area contributed by atoms with E-state index in [9.17, 15) is 19.2 Å². The van der Waals surface area contributed by atoms with Crippen molar-refractivity contribution in [3.05, 3.63) is 47.7 Å². The normalized spacial score (nSPS) is 19.8. The van der Waals surface area contributed by atoms with Gasteiger partial charge in [0, 0.05) is 5.92 Å². The molecule has 0 radical (unpaired) electrons. The maximum atomic E-state index is 12.6. The monoisotopic (exact) mass is 416 g/mol. The minimum atomic E-state index is -0.793. The number of carbonyl (C=O) groups is 4. The molecule has 0 aromatic heterocycles. The van der Waals surface area contributed by atoms with Crippen molar-refractivity contribution in [2.24, 2.45) is 17.3 Å². The molecule has 2 N–H and O–H groups in total. The Morgan fingerprint density at radius 3 is 2.40 bits per heavy atom. The summed E-state index contributed by atoms with van der Waals surface area (Å²) in [5, 5.41) is 4.87. The van der Waals surface area contributed by atoms with E-state index in [-0.39, 0.29) is 41.9 Å². The molecule has 2 atom stereocenters. The molecule has 0 spiro atoms. The molecule has 8 nitrogen and oxygen atoms in total. The van der Waals surface area contributed by atoms with E-state index in [1.807, 2.05) is 44.2 Å². The highest BCUT2D eigenvalue weighted by atomic mass is 16.5. The molecule has 8 heteroatoms. The molecule has 0 aliphatic heterocycles. The standard InChI is InChI=1S/C22H28N2O6/c1-14(25)17-10-16(22(17,2)3)11-18(20(27)23-12-19(26)29-4)24-21(28)30-13-15-8-6-5-7-9-15/h5-9,11,16-17H,10,12-13H2,1-4H3,(H,23,27)(H,24,28)/b18-11-/t16-,17+/m1/s1. The Bertz CT molecular complexity index is 831. The third-order valence-electron chi connectivity index (χ3n) is 5.52. The first-order valence-corrected chi connectivity index (χ1v) is 9.70. The number of hydrogen-bond donors (Lipinski definition) is 2. The molecule has 1 aromatic rings. The summed E-state index contributed by atoms with van der Waals surface area (Å²) in [5.41, 5.74) is 0.421. The van der Waals surface area contributed by atoms with Crippen LogP contribution in [0, 0.1) is 17.3 Å². The maximum absolute atomic E-state index is 12.6. The quantitative estimate of drug-likeness (QED) is 0.497. The third kappa shape index (κ3) is 5.92. The Kier molecular flexibility index (Phi) is 7.74. The molecule has 1 aliphatic carbocycles. The summed E-state index contributed by atoms with van der Waals surface area (Å²) in [6.45, 7) is 5.15. The number of methoxy groups -OCH3 is 1. The van der Waals surface area contributed by atoms with Crippen LogP contribution in [0.1, 0.15) is 32.8 Å². The summed E-state index contributed by atoms with van der Waals surface area (Å²) < 4.78 is 9.70. The second kappa shape index (κ2) is 10.0. The SMILES string of the molecule is COC(=O)CNC(=O)/C(=C/[C@H]1C[C@@H](C(C)=O)C1(C)C)NC(=O)OCc1ccccc1. The van der Waals surface area contributed by atoms with Crippen molar-refractivity contribution in [2.45, 2.75) is 33.8 Å². The highest BCUT2D eigenvalue weighted by molar-refractivity contribution is 5.97. The molecule has 1 saturated carbocycles. The molecule has 30 heavy (non-hydrogen) atoms. The zero-order valence-electron chi connectivity index (χ0n) is 17.7. The fourth-order valence-corrected chi connectivity index (χ4v) is 3.50. The Hall–Kier alpha value is -3.16. The zero-order chi connectivity index (χ0) is 22.3. The van der Waals surface area contributed by atoms with Gasteiger partial charge in [0.05, 0.1) is 7.11 Å². The predicted molar refractivity (Wildman–Crippen MR) is 109 cm³/mol. The third-order valence-corrected chi connectivity index (χ3v) is 5.52. The van der Waals surface area contributed by atoms with Crippen LogP contribution in [0.15, 0.2) is 42.1 Å². The molecule has 0 saturated heterocycles. The van der Waals surface area contributed by atoms with E-state index < -0.39 is 18.0 Å². The van der Waals surface area contributed by atoms with Crippen LogP contribution in [-0.2, 0) is 30.5 Å². The van der Waals surface area contributed by atoms with Gasteiger partial charge < -0.3 is 14.8 Å². The number of benzene rings is 1. The fraction of sp³-hybridized carbons (Fsp3) is 0.455. The number of ether oxygens (including phenoxy) is 2. The largest absolute Gasteiger partial charge is 0.468 e. The van der Waals surface area contributed by atoms with E-state index in [1.165, 1.54) is 7.11 Å². The number of ketones is 1. The van der Waals surface area contributed by atoms with Crippen molar-refractivity contribution in [3.63, 3.8) is 0 Å². The molecular formula is C22H28N2O6. The van der Waals surface area contributed by atoms with Crippen LogP contribution in [-0.4, -0.2) is 37.4 Å². The first-order valence-electron chi connectivity index (χ1n) is 9.70. The van der Waals surface area contributed by atoms with E-state index in [0.29, 0.717) is 6.42 Å². The van der Waals surface area contributed by atoms with Crippen molar-refractivity contribution < 1.29 is 28.7 Å². The lowest BCUT2D eigenvalue weighted by atomic mass is 9.53. The van der Waals surface area contributed by atoms with Crippen molar-refractivity contribution in [2.75, 3.05) is 13.7 Å². The summed E-state index contributed by atoms with van der Waals surface area (Å²) in [6, 6.07) is 9.13. The van der Waals surface area contributed by atoms with Gasteiger partial charge in [-0.3, -0.25) is 19.7 Å². The van der Waals surface area contributed by atoms with E-state index >= 15 is 0 Å². The summed E-state index contributed by atoms with van der Waals surface area (Å²) in [6.07, 6.45) is 1.41. The Labute approximate surface area is 176 Å². The number of nitrogens with one attached hydrogen (secondary N) is 2. The van der Waals surface area contributed by atoms with Crippen LogP contribution < -0.4 is 10.6 Å². The van der Waals surface area contributed by atoms with Gasteiger partial charge in [-0.15, -0.1) is 0 Å². The lowest BCUT2D eigenvalue weighted by Gasteiger charge is -2.50. The van der Waals surface area contributed by atoms with Gasteiger partial charge in [0.15, 0.2) is 0 Å². The lowest BCUT2D eigenvalue weighted by molar-refractivity contribution is -0.140. The molecule has 1 fully saturated rings. The maximum Gasteiger partial charge on any atom is 0.412 e. The first kappa shape index (κ1) is 23.1. The number of alkyl carbamates (subject to hydrolysis) is 1. The van der Waals surface area contributed by atoms with E-state index in [2.05, 4.69) is 15.4 Å². The zero-order valence-corrected chi connectivity index (χ0v) is 17.7. The minimum Gasteiger partial charge on any atom is -0.468 e. The van der Waals surface area contributed by atoms with Crippen LogP contribution >= 0.6 is 0 Å². The summed E-state index contributed by atoms with van der Waals surface area (Å²) in [5.74, 6) is -1.37. The topological polar surface area (TPSA) is 111 Å². The number of Topliss-reactive ketones (excluding diaryl/α,β-unsaturated/α-hetero) is 1. The summed E-state index contributed by atoms with van der Waals surface area (Å²) >= 11 is 0. The van der Waals surface area contributed by atoms with Crippen molar-refractivity contribution in [3.8, 4) is 0 Å². The molecule has 2 rings (SSSR count). The van der Waals surface area contributed by atoms with Gasteiger partial charge in [-0.2, -0.15) is 0 Å². The van der Waals surface area contributed by atoms with Gasteiger partial charge in [0.1, 0.15) is 24.6 Å². The molecule has 2 amide bonds. The second-order valence-corrected chi connectivity index (χ2v) is 7.85. The van der Waals surface area contributed by atoms with Crippen LogP contribution in [0.2, 0.25) is 0 Å². The molecule has 0 bridgehead atoms. The summed E-state index contributed by atoms with van der Waals surface area (Å²) in [4.78, 5) is 47.9. The van der Waals surface area contributed by atoms with Crippen LogP contribution in [0.4, 0.5) is 4.79 Å². The van der Waals surface area contributed by atoms with Gasteiger partial charge in [-0.1, -0.05) is 50.3 Å². The fourth-order valence-electron chi connectivity index (χ4n) is 3.50. The lowest BCUT2D eigenvalue weighted by Crippen LogP contribution is -2.48. The Morgan fingerprint density at radius 2 is 1.83 bits per heavy atom. The molecule has 1 aromatic carbocycles. The van der Waals surface area contributed by atoms with Crippen molar-refractivity contribution >= 4 is 23.8 Å². The van der Waals surface area contributed by atoms with Crippen LogP contribution in [0.25, 0.3) is 0 Å². The number of carbonyl (C=O) groups excluding carboxylic acids is 4. The van der Waals surface area contributed by atoms with E-state index in [0.717, 1.165) is 5.56 Å². The van der Waals surface area contributed by atoms with Crippen molar-refractivity contribution in [1.29, 1.82) is 0 Å². The summed E-state index contributed by atoms with van der Waals surface area (Å²) in [7, 11) is 1.21. The number of esters is 1. The number of hydrogen-bond acceptors (Lipinski definition) is 6. The molecule has 162 valence electrons. The number of amides is 2. The van der Waals surface area contributed by atoms with Gasteiger partial charge in [0.2, 0.25) is 0 Å². The van der Waals surface area contributed by atoms with E-state index in [1.54, 1.807) is 13.0 Å². The highest BCUT2D eigenvalue weighted by Gasteiger charge is 2.49. The molecule has 0 unspecified atom stereocenters. The smallest absolute Gasteiger partial charge is 0.412 e. The Balaban J connectivity index is 2.09. The van der Waals surface area contributed by atoms with E-state index in [4.69, 9.17) is 4.74 Å². The van der Waals surface area contributed by atoms with Gasteiger partial charge in [0.25, 0.3) is 5.91 Å². The van der Waals surface area contributed by atoms with Gasteiger partial charge >= 0.3 is 12.1 Å². The molecule has 1 aliphatic rings. The predicted octanol–water partition coefficient (Wildman–Crippen LogP) is 2.34. The van der Waals surface area contributed by atoms with Crippen molar-refractivity contribution in [1.82, 2.24) is 10.6 Å². The average Bonchev–Trinajstić information content (AvgIpc) is 2.72. The van der Waals surface area contributed by atoms with Crippen LogP contribution in [0.5, 0.6) is 0 Å². The van der Waals surface area contributed by atoms with Gasteiger partial charge in [-0.25, -0.2) is 4.79 Å². The highest BCUT2D eigenvalue weighted by Crippen LogP contribution is 2.52. The minimum absolute atomic E-state index is 0.0305. The first-order chi connectivity index (χ1) is 14.1. The van der Waals surface area contributed by atoms with Gasteiger partial charge in [-0.05, 0) is 30.2 Å². The molecule has 0 heterocycles.